The molecule has 1 aromatic carbocycles. The lowest BCUT2D eigenvalue weighted by molar-refractivity contribution is 0.0258. The van der Waals surface area contributed by atoms with Crippen LogP contribution in [0.4, 0.5) is 0 Å². The Morgan fingerprint density at radius 3 is 2.89 bits per heavy atom. The summed E-state index contributed by atoms with van der Waals surface area (Å²) in [7, 11) is 0. The van der Waals surface area contributed by atoms with Crippen LogP contribution in [0, 0.1) is 5.92 Å². The maximum atomic E-state index is 12.2. The predicted octanol–water partition coefficient (Wildman–Crippen LogP) is 4.36. The molecule has 0 bridgehead atoms. The van der Waals surface area contributed by atoms with Crippen molar-refractivity contribution < 1.29 is 9.53 Å². The number of carbonyl (C=O) groups is 1. The molecule has 1 heterocycles. The number of benzene rings is 1. The molecule has 1 atom stereocenters. The molecule has 1 aromatic rings. The molecule has 0 radical (unpaired) electrons. The summed E-state index contributed by atoms with van der Waals surface area (Å²) in [5.74, 6) is 1.70. The minimum atomic E-state index is -0.303. The van der Waals surface area contributed by atoms with E-state index in [9.17, 15) is 4.79 Å². The largest absolute Gasteiger partial charge is 0.486 e. The topological polar surface area (TPSA) is 26.3 Å². The zero-order valence-electron chi connectivity index (χ0n) is 10.5. The zero-order valence-corrected chi connectivity index (χ0v) is 12.1. The lowest BCUT2D eigenvalue weighted by atomic mass is 9.75. The molecular formula is C15H17BrO2. The van der Waals surface area contributed by atoms with Gasteiger partial charge in [-0.25, -0.2) is 0 Å². The SMILES string of the molecule is CC1(CC2CCC2)CC(=O)c2cc(Br)ccc2O1. The molecule has 1 aliphatic carbocycles. The van der Waals surface area contributed by atoms with Gasteiger partial charge in [0.05, 0.1) is 12.0 Å². The lowest BCUT2D eigenvalue weighted by Crippen LogP contribution is -2.41. The first-order valence-corrected chi connectivity index (χ1v) is 7.37. The van der Waals surface area contributed by atoms with Gasteiger partial charge >= 0.3 is 0 Å². The number of Topliss-reactive ketones (excluding diaryl/α,β-unsaturated/α-hetero) is 1. The Balaban J connectivity index is 1.85. The lowest BCUT2D eigenvalue weighted by Gasteiger charge is -2.39. The van der Waals surface area contributed by atoms with Gasteiger partial charge < -0.3 is 4.74 Å². The molecule has 3 heteroatoms. The summed E-state index contributed by atoms with van der Waals surface area (Å²) < 4.78 is 7.04. The van der Waals surface area contributed by atoms with Gasteiger partial charge in [0.2, 0.25) is 0 Å². The molecule has 1 saturated carbocycles. The monoisotopic (exact) mass is 308 g/mol. The van der Waals surface area contributed by atoms with Crippen molar-refractivity contribution in [3.8, 4) is 5.75 Å². The van der Waals surface area contributed by atoms with E-state index in [0.29, 0.717) is 6.42 Å². The van der Waals surface area contributed by atoms with Crippen LogP contribution in [0.5, 0.6) is 5.75 Å². The van der Waals surface area contributed by atoms with Crippen molar-refractivity contribution in [1.82, 2.24) is 0 Å². The van der Waals surface area contributed by atoms with Crippen LogP contribution < -0.4 is 4.74 Å². The van der Waals surface area contributed by atoms with Gasteiger partial charge in [-0.05, 0) is 37.5 Å². The van der Waals surface area contributed by atoms with Crippen molar-refractivity contribution in [2.24, 2.45) is 5.92 Å². The molecule has 1 fully saturated rings. The van der Waals surface area contributed by atoms with Gasteiger partial charge in [0.1, 0.15) is 11.4 Å². The van der Waals surface area contributed by atoms with Crippen molar-refractivity contribution >= 4 is 21.7 Å². The van der Waals surface area contributed by atoms with Gasteiger partial charge in [0, 0.05) is 4.47 Å². The van der Waals surface area contributed by atoms with Crippen LogP contribution >= 0.6 is 15.9 Å². The van der Waals surface area contributed by atoms with Gasteiger partial charge in [-0.3, -0.25) is 4.79 Å². The molecule has 2 nitrogen and oxygen atoms in total. The molecule has 0 N–H and O–H groups in total. The molecular weight excluding hydrogens is 292 g/mol. The number of ketones is 1. The Morgan fingerprint density at radius 1 is 1.44 bits per heavy atom. The molecule has 18 heavy (non-hydrogen) atoms. The van der Waals surface area contributed by atoms with Crippen LogP contribution in [0.2, 0.25) is 0 Å². The fourth-order valence-corrected chi connectivity index (χ4v) is 3.33. The molecule has 1 aliphatic heterocycles. The minimum Gasteiger partial charge on any atom is -0.486 e. The summed E-state index contributed by atoms with van der Waals surface area (Å²) in [6.07, 6.45) is 5.43. The zero-order chi connectivity index (χ0) is 12.8. The molecule has 0 spiro atoms. The summed E-state index contributed by atoms with van der Waals surface area (Å²) in [5.41, 5.74) is 0.415. The summed E-state index contributed by atoms with van der Waals surface area (Å²) in [6.45, 7) is 2.08. The average molecular weight is 309 g/mol. The van der Waals surface area contributed by atoms with E-state index >= 15 is 0 Å². The number of carbonyl (C=O) groups excluding carboxylic acids is 1. The highest BCUT2D eigenvalue weighted by Gasteiger charge is 2.39. The highest BCUT2D eigenvalue weighted by Crippen LogP contribution is 2.41. The Labute approximate surface area is 116 Å². The number of hydrogen-bond donors (Lipinski definition) is 0. The Kier molecular flexibility index (Phi) is 2.97. The van der Waals surface area contributed by atoms with E-state index in [4.69, 9.17) is 4.74 Å². The standard InChI is InChI=1S/C15H17BrO2/c1-15(8-10-3-2-4-10)9-13(17)12-7-11(16)5-6-14(12)18-15/h5-7,10H,2-4,8-9H2,1H3. The first-order chi connectivity index (χ1) is 8.56. The molecule has 1 unspecified atom stereocenters. The van der Waals surface area contributed by atoms with Crippen molar-refractivity contribution in [2.75, 3.05) is 0 Å². The van der Waals surface area contributed by atoms with Gasteiger partial charge in [-0.2, -0.15) is 0 Å². The van der Waals surface area contributed by atoms with E-state index in [0.717, 1.165) is 28.1 Å². The summed E-state index contributed by atoms with van der Waals surface area (Å²) in [4.78, 5) is 12.2. The smallest absolute Gasteiger partial charge is 0.170 e. The van der Waals surface area contributed by atoms with Crippen LogP contribution in [0.1, 0.15) is 49.4 Å². The first-order valence-electron chi connectivity index (χ1n) is 6.57. The summed E-state index contributed by atoms with van der Waals surface area (Å²) >= 11 is 3.40. The third kappa shape index (κ3) is 2.20. The third-order valence-electron chi connectivity index (χ3n) is 4.08. The van der Waals surface area contributed by atoms with Gasteiger partial charge in [0.25, 0.3) is 0 Å². The minimum absolute atomic E-state index is 0.208. The Bertz CT molecular complexity index is 493. The van der Waals surface area contributed by atoms with Crippen LogP contribution in [-0.4, -0.2) is 11.4 Å². The fraction of sp³-hybridized carbons (Fsp3) is 0.533. The van der Waals surface area contributed by atoms with Crippen molar-refractivity contribution in [3.63, 3.8) is 0 Å². The second-order valence-corrected chi connectivity index (χ2v) is 6.71. The number of ether oxygens (including phenoxy) is 1. The molecule has 2 aliphatic rings. The van der Waals surface area contributed by atoms with Crippen LogP contribution in [0.25, 0.3) is 0 Å². The Morgan fingerprint density at radius 2 is 2.22 bits per heavy atom. The molecule has 96 valence electrons. The second-order valence-electron chi connectivity index (χ2n) is 5.79. The summed E-state index contributed by atoms with van der Waals surface area (Å²) in [6, 6.07) is 5.69. The van der Waals surface area contributed by atoms with Crippen molar-refractivity contribution in [2.45, 2.75) is 44.6 Å². The quantitative estimate of drug-likeness (QED) is 0.811. The normalized spacial score (nSPS) is 27.3. The maximum Gasteiger partial charge on any atom is 0.170 e. The van der Waals surface area contributed by atoms with E-state index in [2.05, 4.69) is 22.9 Å². The van der Waals surface area contributed by atoms with E-state index < -0.39 is 0 Å². The summed E-state index contributed by atoms with van der Waals surface area (Å²) in [5, 5.41) is 0. The van der Waals surface area contributed by atoms with Crippen LogP contribution in [0.3, 0.4) is 0 Å². The highest BCUT2D eigenvalue weighted by atomic mass is 79.9. The number of fused-ring (bicyclic) bond motifs is 1. The number of halogens is 1. The number of rotatable bonds is 2. The van der Waals surface area contributed by atoms with Gasteiger partial charge in [-0.15, -0.1) is 0 Å². The van der Waals surface area contributed by atoms with E-state index in [1.54, 1.807) is 0 Å². The van der Waals surface area contributed by atoms with Crippen molar-refractivity contribution in [1.29, 1.82) is 0 Å². The fourth-order valence-electron chi connectivity index (χ4n) is 2.97. The molecule has 0 amide bonds. The molecule has 0 saturated heterocycles. The van der Waals surface area contributed by atoms with Gasteiger partial charge in [-0.1, -0.05) is 35.2 Å². The van der Waals surface area contributed by atoms with E-state index in [-0.39, 0.29) is 11.4 Å². The maximum absolute atomic E-state index is 12.2. The predicted molar refractivity (Wildman–Crippen MR) is 74.1 cm³/mol. The van der Waals surface area contributed by atoms with Crippen LogP contribution in [0.15, 0.2) is 22.7 Å². The Hall–Kier alpha value is -0.830. The molecule has 3 rings (SSSR count). The van der Waals surface area contributed by atoms with Crippen LogP contribution in [-0.2, 0) is 0 Å². The number of hydrogen-bond acceptors (Lipinski definition) is 2. The molecule has 0 aromatic heterocycles. The average Bonchev–Trinajstić information content (AvgIpc) is 2.25. The van der Waals surface area contributed by atoms with E-state index in [1.165, 1.54) is 19.3 Å². The third-order valence-corrected chi connectivity index (χ3v) is 4.57. The van der Waals surface area contributed by atoms with E-state index in [1.807, 2.05) is 18.2 Å². The highest BCUT2D eigenvalue weighted by molar-refractivity contribution is 9.10. The van der Waals surface area contributed by atoms with Gasteiger partial charge in [0.15, 0.2) is 5.78 Å². The second kappa shape index (κ2) is 4.37. The van der Waals surface area contributed by atoms with Crippen molar-refractivity contribution in [3.05, 3.63) is 28.2 Å². The first kappa shape index (κ1) is 12.2.